The normalized spacial score (nSPS) is 17.7. The summed E-state index contributed by atoms with van der Waals surface area (Å²) in [6, 6.07) is 9.32. The Balaban J connectivity index is 1.78. The van der Waals surface area contributed by atoms with Gasteiger partial charge in [-0.25, -0.2) is 0 Å². The van der Waals surface area contributed by atoms with E-state index in [2.05, 4.69) is 43.4 Å². The second-order valence-corrected chi connectivity index (χ2v) is 4.82. The molecule has 0 radical (unpaired) electrons. The average Bonchev–Trinajstić information content (AvgIpc) is 3.02. The Morgan fingerprint density at radius 1 is 1.27 bits per heavy atom. The molecule has 1 aromatic carbocycles. The first-order valence-corrected chi connectivity index (χ1v) is 6.05. The Labute approximate surface area is 92.9 Å². The van der Waals surface area contributed by atoms with Crippen LogP contribution >= 0.6 is 0 Å². The molecule has 1 fully saturated rings. The molecule has 0 amide bonds. The molecule has 1 nitrogen and oxygen atoms in total. The quantitative estimate of drug-likeness (QED) is 0.773. The standard InChI is InChI=1S/C14H21N/c1-11-3-7-14(8-4-11)12(2)15-10-9-13-5-6-13/h3-4,7-8,12-13,15H,5-6,9-10H2,1-2H3/t12-/m1/s1. The first-order chi connectivity index (χ1) is 7.25. The number of hydrogen-bond acceptors (Lipinski definition) is 1. The molecule has 0 unspecified atom stereocenters. The Morgan fingerprint density at radius 3 is 2.53 bits per heavy atom. The van der Waals surface area contributed by atoms with Crippen molar-refractivity contribution in [2.24, 2.45) is 5.92 Å². The van der Waals surface area contributed by atoms with Crippen LogP contribution < -0.4 is 5.32 Å². The Bertz CT molecular complexity index is 298. The van der Waals surface area contributed by atoms with Gasteiger partial charge in [0.1, 0.15) is 0 Å². The van der Waals surface area contributed by atoms with Gasteiger partial charge in [-0.05, 0) is 38.3 Å². The van der Waals surface area contributed by atoms with E-state index in [9.17, 15) is 0 Å². The first-order valence-electron chi connectivity index (χ1n) is 6.05. The molecule has 15 heavy (non-hydrogen) atoms. The maximum atomic E-state index is 3.59. The maximum absolute atomic E-state index is 3.59. The van der Waals surface area contributed by atoms with Gasteiger partial charge >= 0.3 is 0 Å². The van der Waals surface area contributed by atoms with Crippen molar-refractivity contribution in [3.63, 3.8) is 0 Å². The van der Waals surface area contributed by atoms with E-state index in [0.717, 1.165) is 5.92 Å². The lowest BCUT2D eigenvalue weighted by Crippen LogP contribution is -2.20. The van der Waals surface area contributed by atoms with Crippen LogP contribution in [0.5, 0.6) is 0 Å². The van der Waals surface area contributed by atoms with Crippen molar-refractivity contribution in [1.82, 2.24) is 5.32 Å². The van der Waals surface area contributed by atoms with Crippen molar-refractivity contribution < 1.29 is 0 Å². The monoisotopic (exact) mass is 203 g/mol. The van der Waals surface area contributed by atoms with Gasteiger partial charge in [-0.15, -0.1) is 0 Å². The van der Waals surface area contributed by atoms with Gasteiger partial charge in [0.15, 0.2) is 0 Å². The lowest BCUT2D eigenvalue weighted by atomic mass is 10.1. The molecular formula is C14H21N. The van der Waals surface area contributed by atoms with Crippen LogP contribution in [0.1, 0.15) is 43.4 Å². The van der Waals surface area contributed by atoms with E-state index >= 15 is 0 Å². The molecule has 0 bridgehead atoms. The molecule has 2 rings (SSSR count). The predicted octanol–water partition coefficient (Wildman–Crippen LogP) is 3.45. The summed E-state index contributed by atoms with van der Waals surface area (Å²) in [5.74, 6) is 1.03. The fraction of sp³-hybridized carbons (Fsp3) is 0.571. The number of aryl methyl sites for hydroxylation is 1. The van der Waals surface area contributed by atoms with Gasteiger partial charge in [-0.2, -0.15) is 0 Å². The summed E-state index contributed by atoms with van der Waals surface area (Å²) in [5.41, 5.74) is 2.74. The van der Waals surface area contributed by atoms with E-state index in [4.69, 9.17) is 0 Å². The third-order valence-corrected chi connectivity index (χ3v) is 3.28. The van der Waals surface area contributed by atoms with Crippen molar-refractivity contribution in [2.45, 2.75) is 39.2 Å². The molecule has 1 heteroatoms. The smallest absolute Gasteiger partial charge is 0.0291 e. The van der Waals surface area contributed by atoms with E-state index < -0.39 is 0 Å². The van der Waals surface area contributed by atoms with Crippen LogP contribution in [0.25, 0.3) is 0 Å². The van der Waals surface area contributed by atoms with Crippen molar-refractivity contribution >= 4 is 0 Å². The maximum Gasteiger partial charge on any atom is 0.0291 e. The molecule has 82 valence electrons. The fourth-order valence-electron chi connectivity index (χ4n) is 1.88. The summed E-state index contributed by atoms with van der Waals surface area (Å²) >= 11 is 0. The third kappa shape index (κ3) is 3.35. The van der Waals surface area contributed by atoms with Crippen LogP contribution in [-0.4, -0.2) is 6.54 Å². The minimum absolute atomic E-state index is 0.490. The fourth-order valence-corrected chi connectivity index (χ4v) is 1.88. The molecule has 0 saturated heterocycles. The van der Waals surface area contributed by atoms with Gasteiger partial charge in [-0.1, -0.05) is 42.7 Å². The van der Waals surface area contributed by atoms with Crippen LogP contribution in [-0.2, 0) is 0 Å². The molecule has 0 aromatic heterocycles. The van der Waals surface area contributed by atoms with Crippen molar-refractivity contribution in [1.29, 1.82) is 0 Å². The predicted molar refractivity (Wildman–Crippen MR) is 64.9 cm³/mol. The molecule has 0 spiro atoms. The summed E-state index contributed by atoms with van der Waals surface area (Å²) in [6.07, 6.45) is 4.28. The minimum Gasteiger partial charge on any atom is -0.310 e. The molecule has 0 heterocycles. The number of nitrogens with one attached hydrogen (secondary N) is 1. The van der Waals surface area contributed by atoms with Gasteiger partial charge in [0.2, 0.25) is 0 Å². The second kappa shape index (κ2) is 4.80. The van der Waals surface area contributed by atoms with Crippen LogP contribution in [0.2, 0.25) is 0 Å². The van der Waals surface area contributed by atoms with Crippen molar-refractivity contribution in [2.75, 3.05) is 6.54 Å². The minimum atomic E-state index is 0.490. The first kappa shape index (κ1) is 10.7. The summed E-state index contributed by atoms with van der Waals surface area (Å²) in [5, 5.41) is 3.59. The molecule has 1 saturated carbocycles. The molecule has 1 aromatic rings. The zero-order valence-corrected chi connectivity index (χ0v) is 9.79. The Hall–Kier alpha value is -0.820. The van der Waals surface area contributed by atoms with Crippen LogP contribution in [0.4, 0.5) is 0 Å². The molecule has 1 aliphatic carbocycles. The summed E-state index contributed by atoms with van der Waals surface area (Å²) in [6.45, 7) is 5.55. The number of hydrogen-bond donors (Lipinski definition) is 1. The molecule has 1 aliphatic rings. The lowest BCUT2D eigenvalue weighted by molar-refractivity contribution is 0.539. The van der Waals surface area contributed by atoms with E-state index in [1.165, 1.54) is 36.9 Å². The van der Waals surface area contributed by atoms with Gasteiger partial charge in [0, 0.05) is 6.04 Å². The second-order valence-electron chi connectivity index (χ2n) is 4.82. The van der Waals surface area contributed by atoms with Gasteiger partial charge in [-0.3, -0.25) is 0 Å². The summed E-state index contributed by atoms with van der Waals surface area (Å²) < 4.78 is 0. The van der Waals surface area contributed by atoms with Crippen LogP contribution in [0.3, 0.4) is 0 Å². The largest absolute Gasteiger partial charge is 0.310 e. The third-order valence-electron chi connectivity index (χ3n) is 3.28. The molecule has 1 atom stereocenters. The molecular weight excluding hydrogens is 182 g/mol. The van der Waals surface area contributed by atoms with Gasteiger partial charge in [0.25, 0.3) is 0 Å². The van der Waals surface area contributed by atoms with Gasteiger partial charge in [0.05, 0.1) is 0 Å². The SMILES string of the molecule is Cc1ccc([C@@H](C)NCCC2CC2)cc1. The summed E-state index contributed by atoms with van der Waals surface area (Å²) in [4.78, 5) is 0. The highest BCUT2D eigenvalue weighted by Crippen LogP contribution is 2.31. The van der Waals surface area contributed by atoms with E-state index in [1.807, 2.05) is 0 Å². The zero-order valence-electron chi connectivity index (χ0n) is 9.79. The highest BCUT2D eigenvalue weighted by atomic mass is 14.9. The van der Waals surface area contributed by atoms with Crippen LogP contribution in [0.15, 0.2) is 24.3 Å². The number of benzene rings is 1. The van der Waals surface area contributed by atoms with Gasteiger partial charge < -0.3 is 5.32 Å². The van der Waals surface area contributed by atoms with Crippen LogP contribution in [0, 0.1) is 12.8 Å². The zero-order chi connectivity index (χ0) is 10.7. The topological polar surface area (TPSA) is 12.0 Å². The summed E-state index contributed by atoms with van der Waals surface area (Å²) in [7, 11) is 0. The average molecular weight is 203 g/mol. The number of rotatable bonds is 5. The van der Waals surface area contributed by atoms with E-state index in [0.29, 0.717) is 6.04 Å². The van der Waals surface area contributed by atoms with Crippen molar-refractivity contribution in [3.8, 4) is 0 Å². The Kier molecular flexibility index (Phi) is 3.42. The van der Waals surface area contributed by atoms with E-state index in [-0.39, 0.29) is 0 Å². The van der Waals surface area contributed by atoms with E-state index in [1.54, 1.807) is 0 Å². The molecule has 1 N–H and O–H groups in total. The van der Waals surface area contributed by atoms with Crippen molar-refractivity contribution in [3.05, 3.63) is 35.4 Å². The lowest BCUT2D eigenvalue weighted by Gasteiger charge is -2.14. The Morgan fingerprint density at radius 2 is 1.93 bits per heavy atom. The highest BCUT2D eigenvalue weighted by molar-refractivity contribution is 5.23. The highest BCUT2D eigenvalue weighted by Gasteiger charge is 2.20. The molecule has 0 aliphatic heterocycles.